The minimum atomic E-state index is -0.339. The Morgan fingerprint density at radius 1 is 1.03 bits per heavy atom. The number of fused-ring (bicyclic) bond motifs is 1. The molecule has 2 heterocycles. The van der Waals surface area contributed by atoms with Crippen molar-refractivity contribution in [3.63, 3.8) is 0 Å². The molecule has 2 aromatic carbocycles. The van der Waals surface area contributed by atoms with Crippen molar-refractivity contribution in [2.24, 2.45) is 7.05 Å². The predicted octanol–water partition coefficient (Wildman–Crippen LogP) is 3.78. The number of amides is 2. The van der Waals surface area contributed by atoms with Crippen LogP contribution in [0.4, 0.5) is 5.69 Å². The van der Waals surface area contributed by atoms with Gasteiger partial charge in [0.25, 0.3) is 5.56 Å². The molecule has 8 nitrogen and oxygen atoms in total. The second kappa shape index (κ2) is 10.0. The number of nitrogens with one attached hydrogen (secondary N) is 2. The Labute approximate surface area is 200 Å². The first-order valence-corrected chi connectivity index (χ1v) is 12.0. The van der Waals surface area contributed by atoms with E-state index in [4.69, 9.17) is 4.42 Å². The topological polar surface area (TPSA) is 98.3 Å². The molecule has 0 fully saturated rings. The summed E-state index contributed by atoms with van der Waals surface area (Å²) in [5.74, 6) is 0.291. The van der Waals surface area contributed by atoms with Crippen molar-refractivity contribution < 1.29 is 14.0 Å². The van der Waals surface area contributed by atoms with Gasteiger partial charge in [0.2, 0.25) is 11.8 Å². The van der Waals surface area contributed by atoms with E-state index in [2.05, 4.69) is 10.6 Å². The molecule has 4 rings (SSSR count). The van der Waals surface area contributed by atoms with Crippen molar-refractivity contribution in [1.82, 2.24) is 14.7 Å². The maximum Gasteiger partial charge on any atom is 0.295 e. The number of carbonyl (C=O) groups is 2. The molecule has 176 valence electrons. The molecule has 1 atom stereocenters. The number of hydrogen-bond acceptors (Lipinski definition) is 5. The van der Waals surface area contributed by atoms with Gasteiger partial charge in [-0.3, -0.25) is 19.1 Å². The van der Waals surface area contributed by atoms with Crippen LogP contribution < -0.4 is 16.2 Å². The monoisotopic (exact) mass is 478 g/mol. The molecule has 9 heteroatoms. The lowest BCUT2D eigenvalue weighted by Gasteiger charge is -2.11. The summed E-state index contributed by atoms with van der Waals surface area (Å²) in [6.45, 7) is 3.62. The number of aromatic nitrogens is 2. The third-order valence-electron chi connectivity index (χ3n) is 5.53. The number of benzene rings is 2. The van der Waals surface area contributed by atoms with Crippen LogP contribution in [0.1, 0.15) is 24.4 Å². The fraction of sp³-hybridized carbons (Fsp3) is 0.240. The van der Waals surface area contributed by atoms with Crippen LogP contribution in [0.5, 0.6) is 0 Å². The Hall–Kier alpha value is -3.72. The maximum atomic E-state index is 12.9. The Morgan fingerprint density at radius 2 is 1.71 bits per heavy atom. The molecule has 2 amide bonds. The number of para-hydroxylation sites is 2. The second-order valence-corrected chi connectivity index (χ2v) is 8.94. The van der Waals surface area contributed by atoms with Gasteiger partial charge in [-0.1, -0.05) is 36.4 Å². The number of furan rings is 1. The number of nitrogens with zero attached hydrogens (tertiary/aromatic N) is 2. The largest absolute Gasteiger partial charge is 0.459 e. The zero-order valence-electron chi connectivity index (χ0n) is 19.2. The summed E-state index contributed by atoms with van der Waals surface area (Å²) in [4.78, 5) is 37.7. The van der Waals surface area contributed by atoms with Gasteiger partial charge in [0.1, 0.15) is 17.0 Å². The van der Waals surface area contributed by atoms with Crippen LogP contribution in [0.3, 0.4) is 0 Å². The molecule has 0 radical (unpaired) electrons. The molecule has 1 unspecified atom stereocenters. The molecular formula is C25H26N4O4S. The van der Waals surface area contributed by atoms with E-state index in [1.54, 1.807) is 18.7 Å². The van der Waals surface area contributed by atoms with Gasteiger partial charge < -0.3 is 15.1 Å². The highest BCUT2D eigenvalue weighted by Gasteiger charge is 2.19. The minimum absolute atomic E-state index is 0.0472. The zero-order chi connectivity index (χ0) is 24.2. The van der Waals surface area contributed by atoms with E-state index in [-0.39, 0.29) is 40.6 Å². The SMILES string of the molecule is Cc1c(NC(=O)CSCC(=O)NC(C)c2cc3ccccc3o2)c(=O)n(-c2ccccc2)n1C. The van der Waals surface area contributed by atoms with Crippen molar-refractivity contribution in [3.8, 4) is 5.69 Å². The van der Waals surface area contributed by atoms with E-state index < -0.39 is 0 Å². The number of hydrogen-bond donors (Lipinski definition) is 2. The van der Waals surface area contributed by atoms with Crippen LogP contribution in [0.25, 0.3) is 16.7 Å². The van der Waals surface area contributed by atoms with Crippen LogP contribution in [0.2, 0.25) is 0 Å². The van der Waals surface area contributed by atoms with E-state index in [0.29, 0.717) is 17.1 Å². The molecule has 0 spiro atoms. The van der Waals surface area contributed by atoms with E-state index in [1.165, 1.54) is 16.4 Å². The van der Waals surface area contributed by atoms with Crippen molar-refractivity contribution >= 4 is 40.2 Å². The Morgan fingerprint density at radius 3 is 2.44 bits per heavy atom. The maximum absolute atomic E-state index is 12.9. The first-order chi connectivity index (χ1) is 16.3. The smallest absolute Gasteiger partial charge is 0.295 e. The van der Waals surface area contributed by atoms with Crippen LogP contribution in [0, 0.1) is 6.92 Å². The fourth-order valence-corrected chi connectivity index (χ4v) is 4.32. The quantitative estimate of drug-likeness (QED) is 0.402. The van der Waals surface area contributed by atoms with Crippen LogP contribution >= 0.6 is 11.8 Å². The Balaban J connectivity index is 1.30. The van der Waals surface area contributed by atoms with Crippen molar-refractivity contribution in [3.05, 3.63) is 82.5 Å². The summed E-state index contributed by atoms with van der Waals surface area (Å²) >= 11 is 1.18. The first kappa shape index (κ1) is 23.4. The lowest BCUT2D eigenvalue weighted by molar-refractivity contribution is -0.119. The van der Waals surface area contributed by atoms with Crippen LogP contribution in [-0.4, -0.2) is 32.7 Å². The molecule has 2 aromatic heterocycles. The molecule has 0 bridgehead atoms. The van der Waals surface area contributed by atoms with Gasteiger partial charge in [0, 0.05) is 12.4 Å². The third-order valence-corrected chi connectivity index (χ3v) is 6.47. The number of carbonyl (C=O) groups excluding carboxylic acids is 2. The zero-order valence-corrected chi connectivity index (χ0v) is 20.0. The molecule has 0 saturated carbocycles. The lowest BCUT2D eigenvalue weighted by atomic mass is 10.2. The van der Waals surface area contributed by atoms with Gasteiger partial charge in [-0.25, -0.2) is 4.68 Å². The first-order valence-electron chi connectivity index (χ1n) is 10.8. The summed E-state index contributed by atoms with van der Waals surface area (Å²) in [6.07, 6.45) is 0. The number of thioether (sulfide) groups is 1. The van der Waals surface area contributed by atoms with E-state index in [1.807, 2.05) is 67.6 Å². The number of rotatable bonds is 8. The van der Waals surface area contributed by atoms with Crippen molar-refractivity contribution in [1.29, 1.82) is 0 Å². The van der Waals surface area contributed by atoms with Gasteiger partial charge in [-0.2, -0.15) is 0 Å². The van der Waals surface area contributed by atoms with Gasteiger partial charge in [-0.15, -0.1) is 11.8 Å². The summed E-state index contributed by atoms with van der Waals surface area (Å²) in [7, 11) is 1.77. The second-order valence-electron chi connectivity index (χ2n) is 7.95. The van der Waals surface area contributed by atoms with E-state index in [0.717, 1.165) is 11.0 Å². The average Bonchev–Trinajstić information content (AvgIpc) is 3.35. The summed E-state index contributed by atoms with van der Waals surface area (Å²) in [5.41, 5.74) is 2.06. The van der Waals surface area contributed by atoms with Crippen molar-refractivity contribution in [2.75, 3.05) is 16.8 Å². The summed E-state index contributed by atoms with van der Waals surface area (Å²) in [6, 6.07) is 18.5. The number of anilines is 1. The predicted molar refractivity (Wildman–Crippen MR) is 134 cm³/mol. The molecule has 0 aliphatic heterocycles. The van der Waals surface area contributed by atoms with Gasteiger partial charge in [0.15, 0.2) is 0 Å². The summed E-state index contributed by atoms with van der Waals surface area (Å²) < 4.78 is 8.99. The standard InChI is InChI=1S/C25H26N4O4S/c1-16(21-13-18-9-7-8-12-20(18)33-21)26-22(30)14-34-15-23(31)27-24-17(2)28(3)29(25(24)32)19-10-5-4-6-11-19/h4-13,16H,14-15H2,1-3H3,(H,26,30)(H,27,31). The highest BCUT2D eigenvalue weighted by atomic mass is 32.2. The highest BCUT2D eigenvalue weighted by molar-refractivity contribution is 8.00. The highest BCUT2D eigenvalue weighted by Crippen LogP contribution is 2.23. The lowest BCUT2D eigenvalue weighted by Crippen LogP contribution is -2.29. The molecule has 4 aromatic rings. The molecule has 0 aliphatic carbocycles. The van der Waals surface area contributed by atoms with Gasteiger partial charge in [-0.05, 0) is 38.1 Å². The Bertz CT molecular complexity index is 1350. The van der Waals surface area contributed by atoms with Crippen LogP contribution in [-0.2, 0) is 16.6 Å². The van der Waals surface area contributed by atoms with Crippen molar-refractivity contribution in [2.45, 2.75) is 19.9 Å². The van der Waals surface area contributed by atoms with E-state index >= 15 is 0 Å². The summed E-state index contributed by atoms with van der Waals surface area (Å²) in [5, 5.41) is 6.57. The molecule has 2 N–H and O–H groups in total. The normalized spacial score (nSPS) is 12.0. The average molecular weight is 479 g/mol. The van der Waals surface area contributed by atoms with Gasteiger partial charge in [0.05, 0.1) is 28.9 Å². The Kier molecular flexibility index (Phi) is 6.93. The minimum Gasteiger partial charge on any atom is -0.459 e. The van der Waals surface area contributed by atoms with Crippen LogP contribution in [0.15, 0.2) is 69.9 Å². The van der Waals surface area contributed by atoms with Gasteiger partial charge >= 0.3 is 0 Å². The molecular weight excluding hydrogens is 452 g/mol. The fourth-order valence-electron chi connectivity index (χ4n) is 3.69. The molecule has 0 aliphatic rings. The third kappa shape index (κ3) is 4.94. The van der Waals surface area contributed by atoms with E-state index in [9.17, 15) is 14.4 Å². The molecule has 0 saturated heterocycles. The molecule has 34 heavy (non-hydrogen) atoms.